The largest absolute Gasteiger partial charge is 0.309 e. The topological polar surface area (TPSA) is 6.48 Å². The zero-order valence-electron chi connectivity index (χ0n) is 35.1. The summed E-state index contributed by atoms with van der Waals surface area (Å²) >= 11 is 0. The summed E-state index contributed by atoms with van der Waals surface area (Å²) in [5, 5.41) is 7.69. The fourth-order valence-corrected chi connectivity index (χ4v) is 10.4. The molecule has 8 aromatic rings. The van der Waals surface area contributed by atoms with Gasteiger partial charge in [-0.15, -0.1) is 0 Å². The van der Waals surface area contributed by atoms with E-state index in [1.807, 2.05) is 0 Å². The molecule has 288 valence electrons. The number of nitrogens with zero attached hydrogens (tertiary/aromatic N) is 2. The third kappa shape index (κ3) is 5.99. The van der Waals surface area contributed by atoms with E-state index in [1.165, 1.54) is 148 Å². The highest BCUT2D eigenvalue weighted by Crippen LogP contribution is 2.51. The van der Waals surface area contributed by atoms with Crippen molar-refractivity contribution in [1.29, 1.82) is 0 Å². The predicted octanol–water partition coefficient (Wildman–Crippen LogP) is 15.7. The lowest BCUT2D eigenvalue weighted by atomic mass is 9.87. The molecule has 0 atom stereocenters. The normalized spacial score (nSPS) is 13.8. The van der Waals surface area contributed by atoms with Gasteiger partial charge in [0.2, 0.25) is 0 Å². The van der Waals surface area contributed by atoms with Crippen molar-refractivity contribution in [2.75, 3.05) is 9.80 Å². The molecule has 2 aliphatic rings. The van der Waals surface area contributed by atoms with Gasteiger partial charge in [-0.1, -0.05) is 84.9 Å². The Morgan fingerprint density at radius 3 is 1.16 bits per heavy atom. The van der Waals surface area contributed by atoms with E-state index in [9.17, 15) is 0 Å². The fraction of sp³-hybridized carbons (Fsp3) is 0.250. The molecule has 0 aliphatic heterocycles. The van der Waals surface area contributed by atoms with Crippen LogP contribution in [0.25, 0.3) is 32.3 Å². The van der Waals surface area contributed by atoms with E-state index in [1.54, 1.807) is 0 Å². The first-order chi connectivity index (χ1) is 28.3. The Morgan fingerprint density at radius 2 is 0.724 bits per heavy atom. The van der Waals surface area contributed by atoms with Crippen LogP contribution in [-0.2, 0) is 25.7 Å². The Morgan fingerprint density at radius 1 is 0.328 bits per heavy atom. The molecule has 0 radical (unpaired) electrons. The van der Waals surface area contributed by atoms with Gasteiger partial charge >= 0.3 is 0 Å². The number of fused-ring (bicyclic) bond motifs is 7. The van der Waals surface area contributed by atoms with Gasteiger partial charge in [-0.05, 0) is 206 Å². The molecule has 0 heterocycles. The van der Waals surface area contributed by atoms with Crippen molar-refractivity contribution in [2.24, 2.45) is 0 Å². The van der Waals surface area contributed by atoms with Gasteiger partial charge in [0.1, 0.15) is 0 Å². The van der Waals surface area contributed by atoms with Crippen molar-refractivity contribution in [3.05, 3.63) is 177 Å². The van der Waals surface area contributed by atoms with Crippen LogP contribution in [0.3, 0.4) is 0 Å². The van der Waals surface area contributed by atoms with Gasteiger partial charge in [0.25, 0.3) is 0 Å². The molecule has 58 heavy (non-hydrogen) atoms. The van der Waals surface area contributed by atoms with Gasteiger partial charge < -0.3 is 9.80 Å². The average molecular weight is 755 g/mol. The Kier molecular flexibility index (Phi) is 9.12. The SMILES string of the molecule is Cc1cc2c(c(N(c3cccc(C)c3C)c3cc4c5ccccc5c(N(c5cccc(C)c5C)c5cc(C)cc6c5CCCC6)cc4c4ccccc34)c1)CCCC2. The first-order valence-corrected chi connectivity index (χ1v) is 21.6. The Labute approximate surface area is 344 Å². The number of aryl methyl sites for hydroxylation is 6. The van der Waals surface area contributed by atoms with E-state index in [-0.39, 0.29) is 0 Å². The second-order valence-electron chi connectivity index (χ2n) is 17.3. The molecule has 0 aromatic heterocycles. The molecule has 0 amide bonds. The summed E-state index contributed by atoms with van der Waals surface area (Å²) in [5.41, 5.74) is 21.6. The van der Waals surface area contributed by atoms with Crippen LogP contribution < -0.4 is 9.80 Å². The lowest BCUT2D eigenvalue weighted by molar-refractivity contribution is 0.685. The third-order valence-corrected chi connectivity index (χ3v) is 13.6. The summed E-state index contributed by atoms with van der Waals surface area (Å²) in [6, 6.07) is 46.9. The minimum Gasteiger partial charge on any atom is -0.309 e. The smallest absolute Gasteiger partial charge is 0.0546 e. The zero-order chi connectivity index (χ0) is 39.7. The summed E-state index contributed by atoms with van der Waals surface area (Å²) in [6.07, 6.45) is 9.51. The van der Waals surface area contributed by atoms with E-state index >= 15 is 0 Å². The summed E-state index contributed by atoms with van der Waals surface area (Å²) in [4.78, 5) is 5.26. The van der Waals surface area contributed by atoms with Crippen LogP contribution in [0.2, 0.25) is 0 Å². The molecule has 0 saturated carbocycles. The Hall–Kier alpha value is -5.86. The van der Waals surface area contributed by atoms with Crippen molar-refractivity contribution in [3.8, 4) is 0 Å². The van der Waals surface area contributed by atoms with E-state index in [0.717, 1.165) is 25.7 Å². The maximum atomic E-state index is 2.63. The molecule has 2 heteroatoms. The number of hydrogen-bond donors (Lipinski definition) is 0. The number of anilines is 6. The van der Waals surface area contributed by atoms with Crippen molar-refractivity contribution < 1.29 is 0 Å². The molecule has 0 spiro atoms. The lowest BCUT2D eigenvalue weighted by Gasteiger charge is -2.34. The molecular weight excluding hydrogens is 701 g/mol. The van der Waals surface area contributed by atoms with Gasteiger partial charge in [-0.25, -0.2) is 0 Å². The van der Waals surface area contributed by atoms with Crippen molar-refractivity contribution in [3.63, 3.8) is 0 Å². The molecule has 0 fully saturated rings. The Balaban J connectivity index is 1.32. The van der Waals surface area contributed by atoms with Crippen LogP contribution in [0.1, 0.15) is 81.3 Å². The van der Waals surface area contributed by atoms with Gasteiger partial charge in [0.15, 0.2) is 0 Å². The van der Waals surface area contributed by atoms with Gasteiger partial charge in [-0.2, -0.15) is 0 Å². The maximum Gasteiger partial charge on any atom is 0.0546 e. The molecule has 0 saturated heterocycles. The van der Waals surface area contributed by atoms with E-state index < -0.39 is 0 Å². The molecule has 0 N–H and O–H groups in total. The van der Waals surface area contributed by atoms with Crippen molar-refractivity contribution in [1.82, 2.24) is 0 Å². The van der Waals surface area contributed by atoms with E-state index in [4.69, 9.17) is 0 Å². The molecule has 8 aromatic carbocycles. The number of hydrogen-bond acceptors (Lipinski definition) is 2. The van der Waals surface area contributed by atoms with Crippen LogP contribution in [0.5, 0.6) is 0 Å². The number of benzene rings is 8. The fourth-order valence-electron chi connectivity index (χ4n) is 10.4. The highest BCUT2D eigenvalue weighted by Gasteiger charge is 2.28. The first kappa shape index (κ1) is 36.5. The summed E-state index contributed by atoms with van der Waals surface area (Å²) in [7, 11) is 0. The minimum absolute atomic E-state index is 1.11. The number of rotatable bonds is 6. The molecule has 2 aliphatic carbocycles. The summed E-state index contributed by atoms with van der Waals surface area (Å²) in [5.74, 6) is 0. The Bertz CT molecular complexity index is 2730. The summed E-state index contributed by atoms with van der Waals surface area (Å²) < 4.78 is 0. The maximum absolute atomic E-state index is 2.63. The van der Waals surface area contributed by atoms with Crippen molar-refractivity contribution in [2.45, 2.75) is 92.9 Å². The van der Waals surface area contributed by atoms with E-state index in [0.29, 0.717) is 0 Å². The zero-order valence-corrected chi connectivity index (χ0v) is 35.1. The minimum atomic E-state index is 1.11. The van der Waals surface area contributed by atoms with Crippen molar-refractivity contribution >= 4 is 66.4 Å². The monoisotopic (exact) mass is 754 g/mol. The van der Waals surface area contributed by atoms with Crippen LogP contribution >= 0.6 is 0 Å². The summed E-state index contributed by atoms with van der Waals surface area (Å²) in [6.45, 7) is 13.7. The lowest BCUT2D eigenvalue weighted by Crippen LogP contribution is -2.18. The quantitative estimate of drug-likeness (QED) is 0.156. The second-order valence-corrected chi connectivity index (χ2v) is 17.3. The van der Waals surface area contributed by atoms with Gasteiger partial charge in [-0.3, -0.25) is 0 Å². The van der Waals surface area contributed by atoms with Crippen LogP contribution in [-0.4, -0.2) is 0 Å². The van der Waals surface area contributed by atoms with Gasteiger partial charge in [0, 0.05) is 33.5 Å². The van der Waals surface area contributed by atoms with Gasteiger partial charge in [0.05, 0.1) is 11.4 Å². The molecule has 0 bridgehead atoms. The molecule has 2 nitrogen and oxygen atoms in total. The highest BCUT2D eigenvalue weighted by atomic mass is 15.2. The first-order valence-electron chi connectivity index (χ1n) is 21.6. The molecule has 0 unspecified atom stereocenters. The van der Waals surface area contributed by atoms with E-state index in [2.05, 4.69) is 173 Å². The average Bonchev–Trinajstić information content (AvgIpc) is 3.24. The third-order valence-electron chi connectivity index (χ3n) is 13.6. The second kappa shape index (κ2) is 14.5. The van der Waals surface area contributed by atoms with Crippen LogP contribution in [0.15, 0.2) is 121 Å². The van der Waals surface area contributed by atoms with Crippen LogP contribution in [0, 0.1) is 41.5 Å². The predicted molar refractivity (Wildman–Crippen MR) is 250 cm³/mol. The molecular formula is C56H54N2. The standard InChI is InChI=1S/C56H54N2/c1-35-29-41-19-7-9-21-43(41)53(31-35)57(51-27-15-17-37(3)39(51)5)55-33-49-46-24-12-14-26-48(46)56(34-50(49)45-23-11-13-25-47(45)55)58(52-28-16-18-38(4)40(52)6)54-32-36(2)30-42-20-8-10-22-44(42)54/h11-18,23-34H,7-10,19-22H2,1-6H3. The molecule has 10 rings (SSSR count). The highest BCUT2D eigenvalue weighted by molar-refractivity contribution is 6.24. The van der Waals surface area contributed by atoms with Crippen LogP contribution in [0.4, 0.5) is 34.1 Å².